The summed E-state index contributed by atoms with van der Waals surface area (Å²) in [4.78, 5) is 38.0. The maximum atomic E-state index is 13.0. The molecule has 3 heterocycles. The summed E-state index contributed by atoms with van der Waals surface area (Å²) >= 11 is 0. The van der Waals surface area contributed by atoms with Crippen LogP contribution in [0.25, 0.3) is 22.0 Å². The number of carbonyl (C=O) groups is 1. The number of para-hydroxylation sites is 1. The molecule has 0 bridgehead atoms. The van der Waals surface area contributed by atoms with Crippen molar-refractivity contribution in [1.29, 1.82) is 0 Å². The van der Waals surface area contributed by atoms with E-state index in [1.807, 2.05) is 17.9 Å². The largest absolute Gasteiger partial charge is 0.434 e. The van der Waals surface area contributed by atoms with Gasteiger partial charge < -0.3 is 29.9 Å². The Morgan fingerprint density at radius 1 is 1.07 bits per heavy atom. The van der Waals surface area contributed by atoms with Crippen molar-refractivity contribution in [2.75, 3.05) is 24.5 Å². The monoisotopic (exact) mass is 598 g/mol. The number of aromatic nitrogens is 4. The van der Waals surface area contributed by atoms with Crippen molar-refractivity contribution in [3.05, 3.63) is 70.8 Å². The summed E-state index contributed by atoms with van der Waals surface area (Å²) in [6.07, 6.45) is -0.406. The topological polar surface area (TPSA) is 146 Å². The van der Waals surface area contributed by atoms with Crippen molar-refractivity contribution in [3.8, 4) is 16.9 Å². The molecule has 0 unspecified atom stereocenters. The number of hydrogen-bond acceptors (Lipinski definition) is 9. The maximum absolute atomic E-state index is 13.0. The fraction of sp³-hybridized carbons (Fsp3) is 0.379. The lowest BCUT2D eigenvalue weighted by Gasteiger charge is -2.40. The Balaban J connectivity index is 1.35. The van der Waals surface area contributed by atoms with Crippen LogP contribution < -0.4 is 15.2 Å². The van der Waals surface area contributed by atoms with Gasteiger partial charge in [0.15, 0.2) is 6.29 Å². The number of piperazine rings is 1. The van der Waals surface area contributed by atoms with Crippen molar-refractivity contribution < 1.29 is 33.6 Å². The highest BCUT2D eigenvalue weighted by Gasteiger charge is 2.32. The molecule has 5 rings (SSSR count). The van der Waals surface area contributed by atoms with Crippen LogP contribution in [0, 0.1) is 0 Å². The summed E-state index contributed by atoms with van der Waals surface area (Å²) < 4.78 is 33.7. The quantitative estimate of drug-likeness (QED) is 0.244. The number of carbonyl (C=O) groups excluding carboxylic acids is 1. The maximum Gasteiger partial charge on any atom is 0.387 e. The Labute approximate surface area is 245 Å². The molecule has 0 radical (unpaired) electrons. The number of halogens is 2. The zero-order chi connectivity index (χ0) is 30.8. The Morgan fingerprint density at radius 3 is 2.47 bits per heavy atom. The standard InChI is InChI=1S/C29H32F2N6O6/c1-17-15-35(9-10-36(17)27(42)23(38)12-25(39)40)29-32-13-20(14-33-29)18-7-8-21-22(11-18)37(34(2)26(21)41)16-19-5-3-4-6-24(19)43-28(30)31/h3-8,11,13-14,17,23,25,28,38-40H,9-10,12,15-16H2,1-2H3/t17-,23-/m1/s1. The molecule has 0 spiro atoms. The van der Waals surface area contributed by atoms with E-state index in [0.29, 0.717) is 47.6 Å². The molecule has 0 aliphatic carbocycles. The number of rotatable bonds is 9. The van der Waals surface area contributed by atoms with E-state index in [1.54, 1.807) is 54.5 Å². The van der Waals surface area contributed by atoms with Gasteiger partial charge in [0.1, 0.15) is 11.9 Å². The minimum atomic E-state index is -2.98. The second-order valence-electron chi connectivity index (χ2n) is 10.4. The molecule has 12 nitrogen and oxygen atoms in total. The number of aliphatic hydroxyl groups excluding tert-OH is 2. The number of alkyl halides is 2. The number of anilines is 1. The first-order valence-electron chi connectivity index (χ1n) is 13.7. The summed E-state index contributed by atoms with van der Waals surface area (Å²) in [5.41, 5.74) is 2.31. The van der Waals surface area contributed by atoms with Gasteiger partial charge in [0, 0.05) is 62.7 Å². The van der Waals surface area contributed by atoms with Crippen molar-refractivity contribution in [2.24, 2.45) is 7.05 Å². The van der Waals surface area contributed by atoms with Gasteiger partial charge in [0.25, 0.3) is 11.5 Å². The molecule has 4 aromatic rings. The van der Waals surface area contributed by atoms with E-state index < -0.39 is 31.3 Å². The van der Waals surface area contributed by atoms with E-state index in [-0.39, 0.29) is 23.9 Å². The molecule has 2 aromatic heterocycles. The van der Waals surface area contributed by atoms with Crippen LogP contribution in [0.3, 0.4) is 0 Å². The molecule has 0 saturated carbocycles. The summed E-state index contributed by atoms with van der Waals surface area (Å²) in [5.74, 6) is -0.0645. The molecule has 1 saturated heterocycles. The smallest absolute Gasteiger partial charge is 0.387 e. The van der Waals surface area contributed by atoms with Crippen molar-refractivity contribution in [3.63, 3.8) is 0 Å². The molecule has 43 heavy (non-hydrogen) atoms. The lowest BCUT2D eigenvalue weighted by molar-refractivity contribution is -0.148. The van der Waals surface area contributed by atoms with Crippen LogP contribution in [0.15, 0.2) is 59.7 Å². The highest BCUT2D eigenvalue weighted by Crippen LogP contribution is 2.27. The SMILES string of the molecule is C[C@@H]1CN(c2ncc(-c3ccc4c(=O)n(C)n(Cc5ccccc5OC(F)F)c4c3)cn2)CCN1C(=O)[C@H](O)CC(O)O. The minimum absolute atomic E-state index is 0.0339. The summed E-state index contributed by atoms with van der Waals surface area (Å²) in [6, 6.07) is 11.5. The average Bonchev–Trinajstić information content (AvgIpc) is 3.21. The van der Waals surface area contributed by atoms with Gasteiger partial charge in [0.2, 0.25) is 5.95 Å². The summed E-state index contributed by atoms with van der Waals surface area (Å²) in [6.45, 7) is 0.114. The van der Waals surface area contributed by atoms with E-state index >= 15 is 0 Å². The van der Waals surface area contributed by atoms with Gasteiger partial charge in [-0.1, -0.05) is 24.3 Å². The van der Waals surface area contributed by atoms with Gasteiger partial charge in [-0.3, -0.25) is 19.0 Å². The molecule has 2 aromatic carbocycles. The Hall–Kier alpha value is -4.40. The molecule has 228 valence electrons. The first-order chi connectivity index (χ1) is 20.5. The van der Waals surface area contributed by atoms with Crippen molar-refractivity contribution >= 4 is 22.8 Å². The van der Waals surface area contributed by atoms with Crippen LogP contribution in [0.5, 0.6) is 5.75 Å². The number of amides is 1. The Morgan fingerprint density at radius 2 is 1.79 bits per heavy atom. The van der Waals surface area contributed by atoms with Gasteiger partial charge >= 0.3 is 6.61 Å². The molecule has 14 heteroatoms. The highest BCUT2D eigenvalue weighted by atomic mass is 19.3. The molecule has 3 N–H and O–H groups in total. The van der Waals surface area contributed by atoms with Crippen molar-refractivity contribution in [1.82, 2.24) is 24.2 Å². The van der Waals surface area contributed by atoms with Crippen LogP contribution in [0.1, 0.15) is 18.9 Å². The predicted octanol–water partition coefficient (Wildman–Crippen LogP) is 1.55. The van der Waals surface area contributed by atoms with Crippen LogP contribution in [0.4, 0.5) is 14.7 Å². The fourth-order valence-electron chi connectivity index (χ4n) is 5.34. The second kappa shape index (κ2) is 12.5. The van der Waals surface area contributed by atoms with E-state index in [2.05, 4.69) is 14.7 Å². The number of benzene rings is 2. The molecular formula is C29H32F2N6O6. The molecule has 1 aliphatic heterocycles. The number of fused-ring (bicyclic) bond motifs is 1. The Kier molecular flexibility index (Phi) is 8.71. The van der Waals surface area contributed by atoms with E-state index in [4.69, 9.17) is 10.2 Å². The predicted molar refractivity (Wildman–Crippen MR) is 153 cm³/mol. The van der Waals surface area contributed by atoms with Gasteiger partial charge in [0.05, 0.1) is 17.4 Å². The fourth-order valence-corrected chi connectivity index (χ4v) is 5.34. The van der Waals surface area contributed by atoms with E-state index in [0.717, 1.165) is 5.56 Å². The lowest BCUT2D eigenvalue weighted by Crippen LogP contribution is -2.57. The van der Waals surface area contributed by atoms with Crippen LogP contribution in [-0.4, -0.2) is 90.1 Å². The van der Waals surface area contributed by atoms with E-state index in [1.165, 1.54) is 15.6 Å². The first kappa shape index (κ1) is 30.1. The normalized spacial score (nSPS) is 16.3. The minimum Gasteiger partial charge on any atom is -0.434 e. The van der Waals surface area contributed by atoms with Crippen LogP contribution in [-0.2, 0) is 18.4 Å². The van der Waals surface area contributed by atoms with Crippen LogP contribution in [0.2, 0.25) is 0 Å². The van der Waals surface area contributed by atoms with E-state index in [9.17, 15) is 23.5 Å². The number of nitrogens with zero attached hydrogens (tertiary/aromatic N) is 6. The average molecular weight is 599 g/mol. The zero-order valence-electron chi connectivity index (χ0n) is 23.5. The summed E-state index contributed by atoms with van der Waals surface area (Å²) in [7, 11) is 1.61. The van der Waals surface area contributed by atoms with Crippen molar-refractivity contribution in [2.45, 2.75) is 44.9 Å². The Bertz CT molecular complexity index is 1660. The second-order valence-corrected chi connectivity index (χ2v) is 10.4. The highest BCUT2D eigenvalue weighted by molar-refractivity contribution is 5.84. The van der Waals surface area contributed by atoms with Crippen LogP contribution >= 0.6 is 0 Å². The lowest BCUT2D eigenvalue weighted by atomic mass is 10.1. The third kappa shape index (κ3) is 6.35. The number of hydrogen-bond donors (Lipinski definition) is 3. The third-order valence-corrected chi connectivity index (χ3v) is 7.56. The molecule has 1 fully saturated rings. The molecule has 2 atom stereocenters. The molecule has 1 amide bonds. The number of aliphatic hydroxyl groups is 3. The van der Waals surface area contributed by atoms with Gasteiger partial charge in [-0.25, -0.2) is 9.97 Å². The van der Waals surface area contributed by atoms with Gasteiger partial charge in [-0.2, -0.15) is 8.78 Å². The number of ether oxygens (including phenoxy) is 1. The van der Waals surface area contributed by atoms with Gasteiger partial charge in [-0.05, 0) is 30.7 Å². The zero-order valence-corrected chi connectivity index (χ0v) is 23.5. The first-order valence-corrected chi connectivity index (χ1v) is 13.7. The summed E-state index contributed by atoms with van der Waals surface area (Å²) in [5, 5.41) is 28.6. The van der Waals surface area contributed by atoms with Gasteiger partial charge in [-0.15, -0.1) is 0 Å². The molecular weight excluding hydrogens is 566 g/mol. The third-order valence-electron chi connectivity index (χ3n) is 7.56. The molecule has 1 aliphatic rings.